The van der Waals surface area contributed by atoms with Crippen molar-refractivity contribution in [1.82, 2.24) is 9.36 Å². The Balaban J connectivity index is 1.73. The van der Waals surface area contributed by atoms with E-state index >= 15 is 0 Å². The molecule has 4 aromatic rings. The van der Waals surface area contributed by atoms with Crippen LogP contribution in [0.1, 0.15) is 11.1 Å². The highest BCUT2D eigenvalue weighted by Gasteiger charge is 2.29. The van der Waals surface area contributed by atoms with Gasteiger partial charge in [-0.1, -0.05) is 23.9 Å². The van der Waals surface area contributed by atoms with Crippen LogP contribution in [0, 0.1) is 11.3 Å². The summed E-state index contributed by atoms with van der Waals surface area (Å²) in [5, 5.41) is 9.99. The average molecular weight is 556 g/mol. The van der Waals surface area contributed by atoms with Crippen LogP contribution in [0.4, 0.5) is 5.13 Å². The molecule has 0 aliphatic carbocycles. The largest absolute Gasteiger partial charge is 0.496 e. The first kappa shape index (κ1) is 26.2. The van der Waals surface area contributed by atoms with Gasteiger partial charge in [0.05, 0.1) is 36.1 Å². The molecular formula is C24H21N5O5S3. The fraction of sp³-hybridized carbons (Fsp3) is 0.125. The number of anilines is 1. The number of hydrogen-bond acceptors (Lipinski definition) is 11. The van der Waals surface area contributed by atoms with Crippen molar-refractivity contribution in [2.24, 2.45) is 5.90 Å². The number of rotatable bonds is 10. The number of sulfonamides is 1. The van der Waals surface area contributed by atoms with Gasteiger partial charge in [0.1, 0.15) is 23.9 Å². The normalized spacial score (nSPS) is 11.0. The lowest BCUT2D eigenvalue weighted by atomic mass is 10.2. The monoisotopic (exact) mass is 555 g/mol. The lowest BCUT2D eigenvalue weighted by molar-refractivity contribution is 0.330. The Hall–Kier alpha value is -3.83. The predicted molar refractivity (Wildman–Crippen MR) is 139 cm³/mol. The van der Waals surface area contributed by atoms with Crippen molar-refractivity contribution in [2.75, 3.05) is 18.5 Å². The Kier molecular flexibility index (Phi) is 8.14. The molecule has 0 atom stereocenters. The van der Waals surface area contributed by atoms with E-state index in [2.05, 4.69) is 15.4 Å². The molecule has 0 spiro atoms. The summed E-state index contributed by atoms with van der Waals surface area (Å²) in [5.41, 5.74) is 0.752. The molecule has 0 bridgehead atoms. The van der Waals surface area contributed by atoms with Gasteiger partial charge < -0.3 is 14.3 Å². The molecule has 0 fully saturated rings. The van der Waals surface area contributed by atoms with Crippen LogP contribution in [0.2, 0.25) is 0 Å². The molecule has 37 heavy (non-hydrogen) atoms. The standard InChI is InChI=1S/C24H21N5O5S3/c1-32-20-5-3-4-6-23(20)35-22-10-9-19(11-17(22)13-25)37(30,31)29(24-27-15-28-36-24)14-16-7-8-18(34-26)12-21(16)33-2/h3-12,15H,14,26H2,1-2H3. The van der Waals surface area contributed by atoms with Crippen molar-refractivity contribution in [1.29, 1.82) is 5.26 Å². The van der Waals surface area contributed by atoms with E-state index in [0.717, 1.165) is 20.7 Å². The van der Waals surface area contributed by atoms with Crippen LogP contribution >= 0.6 is 23.3 Å². The Morgan fingerprint density at radius 2 is 1.84 bits per heavy atom. The Morgan fingerprint density at radius 3 is 2.51 bits per heavy atom. The maximum atomic E-state index is 13.8. The number of ether oxygens (including phenoxy) is 2. The topological polar surface area (TPSA) is 141 Å². The number of nitriles is 1. The van der Waals surface area contributed by atoms with Gasteiger partial charge in [-0.2, -0.15) is 15.5 Å². The smallest absolute Gasteiger partial charge is 0.266 e. The fourth-order valence-corrected chi connectivity index (χ4v) is 6.55. The summed E-state index contributed by atoms with van der Waals surface area (Å²) < 4.78 is 43.6. The van der Waals surface area contributed by atoms with Crippen LogP contribution in [0.15, 0.2) is 81.7 Å². The van der Waals surface area contributed by atoms with Crippen LogP contribution in [0.3, 0.4) is 0 Å². The van der Waals surface area contributed by atoms with Gasteiger partial charge in [-0.05, 0) is 42.5 Å². The summed E-state index contributed by atoms with van der Waals surface area (Å²) in [6.45, 7) is -0.106. The molecule has 1 heterocycles. The highest BCUT2D eigenvalue weighted by Crippen LogP contribution is 2.38. The summed E-state index contributed by atoms with van der Waals surface area (Å²) in [6, 6.07) is 18.7. The van der Waals surface area contributed by atoms with Crippen molar-refractivity contribution in [2.45, 2.75) is 21.2 Å². The number of hydrogen-bond donors (Lipinski definition) is 1. The van der Waals surface area contributed by atoms with Crippen molar-refractivity contribution in [3.63, 3.8) is 0 Å². The van der Waals surface area contributed by atoms with Crippen molar-refractivity contribution in [3.05, 3.63) is 78.1 Å². The summed E-state index contributed by atoms with van der Waals surface area (Å²) in [7, 11) is -1.13. The Labute approximate surface area is 222 Å². The molecule has 0 radical (unpaired) electrons. The van der Waals surface area contributed by atoms with Gasteiger partial charge in [-0.25, -0.2) is 17.7 Å². The van der Waals surface area contributed by atoms with E-state index in [1.165, 1.54) is 37.3 Å². The van der Waals surface area contributed by atoms with E-state index < -0.39 is 10.0 Å². The van der Waals surface area contributed by atoms with Crippen LogP contribution in [-0.4, -0.2) is 32.0 Å². The second-order valence-electron chi connectivity index (χ2n) is 7.35. The third kappa shape index (κ3) is 5.62. The summed E-state index contributed by atoms with van der Waals surface area (Å²) in [5.74, 6) is 6.62. The van der Waals surface area contributed by atoms with Gasteiger partial charge in [0.15, 0.2) is 5.75 Å². The SMILES string of the molecule is COc1cc(ON)ccc1CN(c1ncns1)S(=O)(=O)c1ccc(Sc2ccccc2OC)c(C#N)c1. The van der Waals surface area contributed by atoms with E-state index in [-0.39, 0.29) is 22.1 Å². The van der Waals surface area contributed by atoms with Crippen molar-refractivity contribution < 1.29 is 22.7 Å². The molecule has 4 rings (SSSR count). The fourth-order valence-electron chi connectivity index (χ4n) is 3.41. The quantitative estimate of drug-likeness (QED) is 0.283. The molecule has 0 unspecified atom stereocenters. The van der Waals surface area contributed by atoms with Crippen LogP contribution < -0.4 is 24.5 Å². The molecule has 0 saturated heterocycles. The predicted octanol–water partition coefficient (Wildman–Crippen LogP) is 4.23. The minimum absolute atomic E-state index is 0.0653. The van der Waals surface area contributed by atoms with E-state index in [4.69, 9.17) is 20.2 Å². The Bertz CT molecular complexity index is 1540. The van der Waals surface area contributed by atoms with E-state index in [1.807, 2.05) is 24.3 Å². The van der Waals surface area contributed by atoms with Gasteiger partial charge in [-0.15, -0.1) is 0 Å². The lowest BCUT2D eigenvalue weighted by Crippen LogP contribution is -2.30. The highest BCUT2D eigenvalue weighted by atomic mass is 32.2. The first-order valence-electron chi connectivity index (χ1n) is 10.6. The summed E-state index contributed by atoms with van der Waals surface area (Å²) in [6.07, 6.45) is 1.28. The second-order valence-corrected chi connectivity index (χ2v) is 11.1. The molecule has 0 amide bonds. The van der Waals surface area contributed by atoms with E-state index in [1.54, 1.807) is 31.4 Å². The molecule has 10 nitrogen and oxygen atoms in total. The number of nitrogens with two attached hydrogens (primary N) is 1. The molecule has 190 valence electrons. The van der Waals surface area contributed by atoms with Crippen molar-refractivity contribution >= 4 is 38.4 Å². The zero-order valence-electron chi connectivity index (χ0n) is 19.7. The number of nitrogens with zero attached hydrogens (tertiary/aromatic N) is 4. The molecule has 13 heteroatoms. The summed E-state index contributed by atoms with van der Waals surface area (Å²) >= 11 is 2.24. The lowest BCUT2D eigenvalue weighted by Gasteiger charge is -2.23. The van der Waals surface area contributed by atoms with Gasteiger partial charge in [0, 0.05) is 28.1 Å². The first-order chi connectivity index (χ1) is 17.9. The molecule has 0 saturated carbocycles. The summed E-state index contributed by atoms with van der Waals surface area (Å²) in [4.78, 5) is 10.2. The Morgan fingerprint density at radius 1 is 1.05 bits per heavy atom. The van der Waals surface area contributed by atoms with E-state index in [0.29, 0.717) is 27.7 Å². The van der Waals surface area contributed by atoms with Gasteiger partial charge >= 0.3 is 0 Å². The zero-order valence-corrected chi connectivity index (χ0v) is 22.1. The third-order valence-corrected chi connectivity index (χ3v) is 8.89. The van der Waals surface area contributed by atoms with Crippen molar-refractivity contribution in [3.8, 4) is 23.3 Å². The number of benzene rings is 3. The van der Waals surface area contributed by atoms with Gasteiger partial charge in [0.2, 0.25) is 5.13 Å². The third-order valence-electron chi connectivity index (χ3n) is 5.22. The minimum Gasteiger partial charge on any atom is -0.496 e. The number of para-hydroxylation sites is 1. The maximum absolute atomic E-state index is 13.8. The maximum Gasteiger partial charge on any atom is 0.266 e. The van der Waals surface area contributed by atoms with Gasteiger partial charge in [0.25, 0.3) is 10.0 Å². The average Bonchev–Trinajstić information content (AvgIpc) is 3.46. The molecule has 0 aliphatic rings. The molecular weight excluding hydrogens is 534 g/mol. The number of methoxy groups -OCH3 is 2. The molecule has 0 aliphatic heterocycles. The van der Waals surface area contributed by atoms with Crippen LogP contribution in [-0.2, 0) is 16.6 Å². The molecule has 1 aromatic heterocycles. The minimum atomic E-state index is -4.15. The number of aromatic nitrogens is 2. The van der Waals surface area contributed by atoms with Crippen LogP contribution in [0.25, 0.3) is 0 Å². The zero-order chi connectivity index (χ0) is 26.4. The highest BCUT2D eigenvalue weighted by molar-refractivity contribution is 7.99. The van der Waals surface area contributed by atoms with Gasteiger partial charge in [-0.3, -0.25) is 0 Å². The second kappa shape index (κ2) is 11.5. The van der Waals surface area contributed by atoms with E-state index in [9.17, 15) is 13.7 Å². The first-order valence-corrected chi connectivity index (χ1v) is 13.6. The van der Waals surface area contributed by atoms with Crippen LogP contribution in [0.5, 0.6) is 17.2 Å². The molecule has 2 N–H and O–H groups in total. The molecule has 3 aromatic carbocycles.